The second kappa shape index (κ2) is 14.4. The fraction of sp³-hybridized carbons (Fsp3) is 0.514. The Labute approximate surface area is 292 Å². The average molecular weight is 681 g/mol. The minimum Gasteiger partial charge on any atom is -0.461 e. The van der Waals surface area contributed by atoms with E-state index in [-0.39, 0.29) is 24.0 Å². The molecule has 6 rings (SSSR count). The highest BCUT2D eigenvalue weighted by molar-refractivity contribution is 6.18. The number of carbonyl (C=O) groups excluding carboxylic acids is 1. The molecule has 2 fully saturated rings. The third kappa shape index (κ3) is 7.03. The molecule has 12 heteroatoms. The number of piperazine rings is 1. The molecule has 0 spiro atoms. The number of hydrogen-bond acceptors (Lipinski definition) is 10. The molecule has 2 aromatic carbocycles. The Bertz CT molecular complexity index is 1760. The summed E-state index contributed by atoms with van der Waals surface area (Å²) >= 11 is 0. The number of nitriles is 1. The number of hydrogen-bond donors (Lipinski definition) is 0. The van der Waals surface area contributed by atoms with Crippen molar-refractivity contribution in [3.8, 4) is 12.1 Å². The summed E-state index contributed by atoms with van der Waals surface area (Å²) < 4.78 is 17.3. The molecular weight excluding hydrogens is 635 g/mol. The van der Waals surface area contributed by atoms with Gasteiger partial charge in [-0.2, -0.15) is 15.2 Å². The molecule has 0 bridgehead atoms. The molecule has 0 saturated carbocycles. The maximum atomic E-state index is 13.3. The second-order valence-electron chi connectivity index (χ2n) is 13.7. The van der Waals surface area contributed by atoms with Gasteiger partial charge >= 0.3 is 6.01 Å². The number of fused-ring (bicyclic) bond motifs is 2. The number of nitrogens with zero attached hydrogens (tertiary/aromatic N) is 7. The van der Waals surface area contributed by atoms with E-state index in [2.05, 4.69) is 88.3 Å². The van der Waals surface area contributed by atoms with Crippen LogP contribution in [0, 0.1) is 18.3 Å². The van der Waals surface area contributed by atoms with E-state index in [1.54, 1.807) is 25.2 Å². The summed E-state index contributed by atoms with van der Waals surface area (Å²) in [4.78, 5) is 32.0. The van der Waals surface area contributed by atoms with Gasteiger partial charge in [0, 0.05) is 69.7 Å². The van der Waals surface area contributed by atoms with Crippen molar-refractivity contribution in [2.24, 2.45) is 0 Å². The highest BCUT2D eigenvalue weighted by Gasteiger charge is 2.43. The third-order valence-corrected chi connectivity index (χ3v) is 11.0. The smallest absolute Gasteiger partial charge is 0.318 e. The summed E-state index contributed by atoms with van der Waals surface area (Å²) in [6.45, 7) is 8.70. The Balaban J connectivity index is 1.34. The van der Waals surface area contributed by atoms with Crippen molar-refractivity contribution in [1.29, 1.82) is 5.26 Å². The number of likely N-dealkylation sites (tertiary alicyclic amines) is 1. The number of aryl methyl sites for hydroxylation is 1. The van der Waals surface area contributed by atoms with Crippen LogP contribution in [0.4, 0.5) is 11.5 Å². The normalized spacial score (nSPS) is 24.4. The molecule has 4 heterocycles. The van der Waals surface area contributed by atoms with Gasteiger partial charge in [-0.15, -0.1) is 0 Å². The molecule has 1 amide bonds. The van der Waals surface area contributed by atoms with E-state index in [1.807, 2.05) is 0 Å². The van der Waals surface area contributed by atoms with Crippen molar-refractivity contribution in [2.75, 3.05) is 77.0 Å². The zero-order chi connectivity index (χ0) is 34.8. The summed E-state index contributed by atoms with van der Waals surface area (Å²) in [5, 5.41) is 11.4. The lowest BCUT2D eigenvalue weighted by atomic mass is 9.99. The predicted molar refractivity (Wildman–Crippen MR) is 191 cm³/mol. The van der Waals surface area contributed by atoms with Crippen molar-refractivity contribution in [1.82, 2.24) is 19.8 Å². The minimum atomic E-state index is -0.906. The first-order valence-electron chi connectivity index (χ1n) is 16.9. The number of aromatic nitrogens is 2. The van der Waals surface area contributed by atoms with Crippen LogP contribution >= 0.6 is 0 Å². The zero-order valence-electron chi connectivity index (χ0n) is 29.2. The van der Waals surface area contributed by atoms with Gasteiger partial charge in [0.2, 0.25) is 5.91 Å². The molecule has 0 unspecified atom stereocenters. The van der Waals surface area contributed by atoms with Crippen LogP contribution in [0.3, 0.4) is 0 Å². The number of methoxy groups -OCH3 is 2. The van der Waals surface area contributed by atoms with Gasteiger partial charge in [-0.25, -0.2) is 0 Å². The average Bonchev–Trinajstić information content (AvgIpc) is 3.39. The van der Waals surface area contributed by atoms with Gasteiger partial charge in [0.05, 0.1) is 58.4 Å². The Morgan fingerprint density at radius 3 is 2.67 bits per heavy atom. The summed E-state index contributed by atoms with van der Waals surface area (Å²) in [7, 11) is 9.34. The summed E-state index contributed by atoms with van der Waals surface area (Å²) in [6, 6.07) is 15.5. The van der Waals surface area contributed by atoms with Crippen LogP contribution in [-0.2, 0) is 27.2 Å². The van der Waals surface area contributed by atoms with Crippen LogP contribution in [0.1, 0.15) is 36.6 Å². The maximum absolute atomic E-state index is 13.3. The molecule has 2 saturated heterocycles. The van der Waals surface area contributed by atoms with Crippen molar-refractivity contribution in [2.45, 2.75) is 56.5 Å². The summed E-state index contributed by atoms with van der Waals surface area (Å²) in [5.41, 5.74) is 4.21. The quantitative estimate of drug-likeness (QED) is 0.233. The lowest BCUT2D eigenvalue weighted by Gasteiger charge is -2.48. The first kappa shape index (κ1) is 34.8. The highest BCUT2D eigenvalue weighted by Crippen LogP contribution is 2.37. The van der Waals surface area contributed by atoms with Crippen molar-refractivity contribution < 1.29 is 19.0 Å². The number of likely N-dealkylation sites (N-methyl/N-ethyl adjacent to an activating group) is 1. The van der Waals surface area contributed by atoms with Crippen LogP contribution in [0.25, 0.3) is 10.8 Å². The van der Waals surface area contributed by atoms with E-state index < -0.39 is 5.16 Å². The summed E-state index contributed by atoms with van der Waals surface area (Å²) in [5.74, 6) is 0.635. The lowest BCUT2D eigenvalue weighted by molar-refractivity contribution is -0.130. The monoisotopic (exact) mass is 680 g/mol. The van der Waals surface area contributed by atoms with Crippen LogP contribution in [0.15, 0.2) is 48.6 Å². The Morgan fingerprint density at radius 1 is 1.14 bits per heavy atom. The van der Waals surface area contributed by atoms with E-state index >= 15 is 0 Å². The van der Waals surface area contributed by atoms with Gasteiger partial charge in [-0.1, -0.05) is 36.4 Å². The lowest BCUT2D eigenvalue weighted by Crippen LogP contribution is -2.64. The van der Waals surface area contributed by atoms with Crippen LogP contribution in [0.2, 0.25) is 0 Å². The molecule has 3 atom stereocenters. The molecule has 0 N–H and O–H groups in total. The fourth-order valence-corrected chi connectivity index (χ4v) is 8.00. The Kier molecular flexibility index (Phi) is 10.3. The first-order valence-corrected chi connectivity index (χ1v) is 17.4. The van der Waals surface area contributed by atoms with E-state index in [9.17, 15) is 10.1 Å². The number of carbonyl (C=O) groups is 1. The topological polar surface area (TPSA) is 107 Å². The van der Waals surface area contributed by atoms with Crippen molar-refractivity contribution >= 4 is 38.4 Å². The van der Waals surface area contributed by atoms with Crippen LogP contribution in [0.5, 0.6) is 6.01 Å². The zero-order valence-corrected chi connectivity index (χ0v) is 30.2. The number of ether oxygens (including phenoxy) is 3. The van der Waals surface area contributed by atoms with Gasteiger partial charge in [0.15, 0.2) is 0 Å². The third-order valence-electron chi connectivity index (χ3n) is 10.4. The summed E-state index contributed by atoms with van der Waals surface area (Å²) in [6.07, 6.45) is 5.06. The molecule has 3 aromatic rings. The van der Waals surface area contributed by atoms with Gasteiger partial charge in [-0.3, -0.25) is 9.69 Å². The maximum Gasteiger partial charge on any atom is 0.318 e. The van der Waals surface area contributed by atoms with E-state index in [1.165, 1.54) is 28.1 Å². The fourth-order valence-electron chi connectivity index (χ4n) is 7.51. The SMILES string of the molecule is COC/C=C/C(=O)N1CCN(c2nc(OC[C@@]3(C)C[C@@H](OC)CN3C)nc3c2CCN(c2cccc4cccc(C)c24)C3)C[C@@]1([Si])CC#N. The second-order valence-corrected chi connectivity index (χ2v) is 14.7. The van der Waals surface area contributed by atoms with Crippen LogP contribution in [-0.4, -0.2) is 120 Å². The molecule has 3 aliphatic heterocycles. The van der Waals surface area contributed by atoms with Gasteiger partial charge < -0.3 is 28.9 Å². The van der Waals surface area contributed by atoms with Crippen LogP contribution < -0.4 is 14.5 Å². The number of benzene rings is 2. The van der Waals surface area contributed by atoms with Gasteiger partial charge in [0.1, 0.15) is 12.4 Å². The predicted octanol–water partition coefficient (Wildman–Crippen LogP) is 3.62. The Morgan fingerprint density at radius 2 is 1.94 bits per heavy atom. The van der Waals surface area contributed by atoms with Gasteiger partial charge in [-0.05, 0) is 50.8 Å². The molecule has 0 aliphatic carbocycles. The highest BCUT2D eigenvalue weighted by atomic mass is 28.1. The molecule has 3 radical (unpaired) electrons. The van der Waals surface area contributed by atoms with Crippen molar-refractivity contribution in [3.63, 3.8) is 0 Å². The largest absolute Gasteiger partial charge is 0.461 e. The molecular formula is C37H46N7O4Si. The van der Waals surface area contributed by atoms with E-state index in [4.69, 9.17) is 24.2 Å². The van der Waals surface area contributed by atoms with Crippen molar-refractivity contribution in [3.05, 3.63) is 65.4 Å². The van der Waals surface area contributed by atoms with Gasteiger partial charge in [0.25, 0.3) is 0 Å². The van der Waals surface area contributed by atoms with E-state index in [0.29, 0.717) is 45.4 Å². The molecule has 11 nitrogen and oxygen atoms in total. The number of anilines is 2. The number of rotatable bonds is 10. The number of amides is 1. The first-order chi connectivity index (χ1) is 23.6. The molecule has 1 aromatic heterocycles. The molecule has 49 heavy (non-hydrogen) atoms. The molecule has 3 aliphatic rings. The standard InChI is InChI=1S/C37H46N7O4Si/c1-26-9-6-10-27-11-7-12-31(33(26)27)42-17-14-29-30(23-42)39-35(48-25-36(2)21-28(47-5)22-41(36)3)40-34(29)43-18-19-44(32(45)13-8-20-46-4)37(49,24-43)15-16-38/h6-13,28H,14-15,17-25H2,1-5H3/b13-8+/t28-,36-,37+/m1/s1. The van der Waals surface area contributed by atoms with E-state index in [0.717, 1.165) is 43.0 Å². The molecule has 257 valence electrons. The Hall–Kier alpha value is -4.02. The minimum absolute atomic E-state index is 0.112.